The molecule has 7 heteroatoms. The van der Waals surface area contributed by atoms with Gasteiger partial charge in [0.05, 0.1) is 5.69 Å². The molecule has 2 amide bonds. The normalized spacial score (nSPS) is 13.4. The van der Waals surface area contributed by atoms with Crippen LogP contribution in [-0.2, 0) is 13.0 Å². The third kappa shape index (κ3) is 4.07. The number of fused-ring (bicyclic) bond motifs is 1. The van der Waals surface area contributed by atoms with Gasteiger partial charge in [-0.05, 0) is 43.4 Å². The molecule has 2 N–H and O–H groups in total. The van der Waals surface area contributed by atoms with Gasteiger partial charge in [0.2, 0.25) is 0 Å². The summed E-state index contributed by atoms with van der Waals surface area (Å²) in [5.41, 5.74) is 1.75. The number of amides is 2. The lowest BCUT2D eigenvalue weighted by molar-refractivity contribution is 0.0933. The van der Waals surface area contributed by atoms with E-state index in [1.54, 1.807) is 24.3 Å². The highest BCUT2D eigenvalue weighted by molar-refractivity contribution is 6.31. The van der Waals surface area contributed by atoms with Crippen LogP contribution in [0.3, 0.4) is 0 Å². The van der Waals surface area contributed by atoms with Crippen LogP contribution >= 0.6 is 11.6 Å². The highest BCUT2D eigenvalue weighted by atomic mass is 35.5. The first-order valence-corrected chi connectivity index (χ1v) is 9.28. The van der Waals surface area contributed by atoms with Gasteiger partial charge in [-0.2, -0.15) is 0 Å². The lowest BCUT2D eigenvalue weighted by Crippen LogP contribution is -2.30. The van der Waals surface area contributed by atoms with E-state index in [0.29, 0.717) is 41.2 Å². The Morgan fingerprint density at radius 2 is 2.08 bits per heavy atom. The Bertz CT molecular complexity index is 829. The molecule has 0 atom stereocenters. The van der Waals surface area contributed by atoms with Gasteiger partial charge in [-0.3, -0.25) is 9.59 Å². The maximum atomic E-state index is 12.7. The molecule has 2 heterocycles. The number of carbonyl (C=O) groups excluding carboxylic acids is 2. The van der Waals surface area contributed by atoms with Gasteiger partial charge in [0.25, 0.3) is 11.8 Å². The molecule has 3 rings (SSSR count). The van der Waals surface area contributed by atoms with Gasteiger partial charge in [0, 0.05) is 23.8 Å². The van der Waals surface area contributed by atoms with Crippen LogP contribution in [0.2, 0.25) is 5.02 Å². The summed E-state index contributed by atoms with van der Waals surface area (Å²) < 4.78 is 1.88. The Hall–Kier alpha value is -2.34. The fourth-order valence-corrected chi connectivity index (χ4v) is 3.22. The van der Waals surface area contributed by atoms with Crippen molar-refractivity contribution in [2.75, 3.05) is 11.9 Å². The van der Waals surface area contributed by atoms with Crippen molar-refractivity contribution in [2.45, 2.75) is 39.7 Å². The predicted molar refractivity (Wildman–Crippen MR) is 102 cm³/mol. The van der Waals surface area contributed by atoms with Crippen LogP contribution in [0, 0.1) is 5.92 Å². The summed E-state index contributed by atoms with van der Waals surface area (Å²) in [6.07, 6.45) is 2.70. The number of nitrogens with one attached hydrogen (secondary N) is 2. The zero-order valence-corrected chi connectivity index (χ0v) is 15.8. The number of rotatable bonds is 5. The second kappa shape index (κ2) is 7.91. The SMILES string of the molecule is CC(C)CNC(=O)c1nc(C(=O)Nc2cccc(Cl)c2)c2n1CCCC2. The molecular weight excluding hydrogens is 352 g/mol. The van der Waals surface area contributed by atoms with Crippen molar-refractivity contribution in [3.8, 4) is 0 Å². The van der Waals surface area contributed by atoms with E-state index < -0.39 is 0 Å². The smallest absolute Gasteiger partial charge is 0.287 e. The maximum absolute atomic E-state index is 12.7. The number of hydrogen-bond donors (Lipinski definition) is 2. The molecule has 1 aromatic carbocycles. The molecule has 2 aromatic rings. The van der Waals surface area contributed by atoms with Crippen LogP contribution in [0.1, 0.15) is 53.5 Å². The van der Waals surface area contributed by atoms with E-state index in [0.717, 1.165) is 25.0 Å². The number of carbonyl (C=O) groups is 2. The molecule has 0 bridgehead atoms. The summed E-state index contributed by atoms with van der Waals surface area (Å²) in [6.45, 7) is 5.35. The first-order chi connectivity index (χ1) is 12.5. The fraction of sp³-hybridized carbons (Fsp3) is 0.421. The molecule has 0 saturated carbocycles. The quantitative estimate of drug-likeness (QED) is 0.840. The van der Waals surface area contributed by atoms with Crippen molar-refractivity contribution < 1.29 is 9.59 Å². The van der Waals surface area contributed by atoms with Gasteiger partial charge in [0.15, 0.2) is 11.5 Å². The van der Waals surface area contributed by atoms with Gasteiger partial charge in [-0.25, -0.2) is 4.98 Å². The molecular formula is C19H23ClN4O2. The van der Waals surface area contributed by atoms with Crippen LogP contribution in [0.5, 0.6) is 0 Å². The van der Waals surface area contributed by atoms with Crippen LogP contribution in [0.25, 0.3) is 0 Å². The summed E-state index contributed by atoms with van der Waals surface area (Å²) in [4.78, 5) is 29.6. The van der Waals surface area contributed by atoms with Crippen molar-refractivity contribution in [2.24, 2.45) is 5.92 Å². The van der Waals surface area contributed by atoms with E-state index in [9.17, 15) is 9.59 Å². The van der Waals surface area contributed by atoms with Crippen LogP contribution in [0.4, 0.5) is 5.69 Å². The van der Waals surface area contributed by atoms with Crippen molar-refractivity contribution in [1.82, 2.24) is 14.9 Å². The van der Waals surface area contributed by atoms with Crippen molar-refractivity contribution >= 4 is 29.1 Å². The molecule has 0 unspecified atom stereocenters. The minimum Gasteiger partial charge on any atom is -0.349 e. The van der Waals surface area contributed by atoms with Crippen molar-refractivity contribution in [3.63, 3.8) is 0 Å². The largest absolute Gasteiger partial charge is 0.349 e. The molecule has 0 spiro atoms. The topological polar surface area (TPSA) is 76.0 Å². The van der Waals surface area contributed by atoms with Gasteiger partial charge in [-0.15, -0.1) is 0 Å². The minimum atomic E-state index is -0.319. The minimum absolute atomic E-state index is 0.233. The first kappa shape index (κ1) is 18.5. The molecule has 0 saturated heterocycles. The third-order valence-corrected chi connectivity index (χ3v) is 4.52. The fourth-order valence-electron chi connectivity index (χ4n) is 3.03. The zero-order valence-electron chi connectivity index (χ0n) is 15.0. The molecule has 1 aliphatic heterocycles. The molecule has 1 aromatic heterocycles. The predicted octanol–water partition coefficient (Wildman–Crippen LogP) is 3.51. The number of aromatic nitrogens is 2. The molecule has 26 heavy (non-hydrogen) atoms. The summed E-state index contributed by atoms with van der Waals surface area (Å²) in [6, 6.07) is 6.96. The second-order valence-electron chi connectivity index (χ2n) is 6.91. The molecule has 0 radical (unpaired) electrons. The van der Waals surface area contributed by atoms with Gasteiger partial charge in [0.1, 0.15) is 0 Å². The molecule has 6 nitrogen and oxygen atoms in total. The average molecular weight is 375 g/mol. The molecule has 0 fully saturated rings. The maximum Gasteiger partial charge on any atom is 0.287 e. The third-order valence-electron chi connectivity index (χ3n) is 4.29. The van der Waals surface area contributed by atoms with Gasteiger partial charge >= 0.3 is 0 Å². The van der Waals surface area contributed by atoms with Gasteiger partial charge in [-0.1, -0.05) is 31.5 Å². The number of nitrogens with zero attached hydrogens (tertiary/aromatic N) is 2. The van der Waals surface area contributed by atoms with Crippen LogP contribution in [0.15, 0.2) is 24.3 Å². The van der Waals surface area contributed by atoms with E-state index in [1.165, 1.54) is 0 Å². The number of imidazole rings is 1. The lowest BCUT2D eigenvalue weighted by atomic mass is 10.1. The summed E-state index contributed by atoms with van der Waals surface area (Å²) in [5, 5.41) is 6.25. The Kier molecular flexibility index (Phi) is 5.61. The Labute approximate surface area is 157 Å². The molecule has 138 valence electrons. The van der Waals surface area contributed by atoms with Crippen LogP contribution in [-0.4, -0.2) is 27.9 Å². The van der Waals surface area contributed by atoms with Crippen molar-refractivity contribution in [3.05, 3.63) is 46.5 Å². The molecule has 0 aliphatic carbocycles. The summed E-state index contributed by atoms with van der Waals surface area (Å²) >= 11 is 5.97. The second-order valence-corrected chi connectivity index (χ2v) is 7.34. The monoisotopic (exact) mass is 374 g/mol. The van der Waals surface area contributed by atoms with E-state index in [-0.39, 0.29) is 11.8 Å². The Morgan fingerprint density at radius 1 is 1.27 bits per heavy atom. The number of halogens is 1. The number of benzene rings is 1. The summed E-state index contributed by atoms with van der Waals surface area (Å²) in [7, 11) is 0. The highest BCUT2D eigenvalue weighted by Gasteiger charge is 2.27. The number of hydrogen-bond acceptors (Lipinski definition) is 3. The standard InChI is InChI=1S/C19H23ClN4O2/c1-12(2)11-21-19(26)17-23-16(15-8-3-4-9-24(15)17)18(25)22-14-7-5-6-13(20)10-14/h5-7,10,12H,3-4,8-9,11H2,1-2H3,(H,21,26)(H,22,25). The van der Waals surface area contributed by atoms with E-state index >= 15 is 0 Å². The van der Waals surface area contributed by atoms with Crippen LogP contribution < -0.4 is 10.6 Å². The first-order valence-electron chi connectivity index (χ1n) is 8.90. The van der Waals surface area contributed by atoms with E-state index in [4.69, 9.17) is 11.6 Å². The molecule has 1 aliphatic rings. The Morgan fingerprint density at radius 3 is 2.81 bits per heavy atom. The average Bonchev–Trinajstić information content (AvgIpc) is 2.99. The van der Waals surface area contributed by atoms with Crippen molar-refractivity contribution in [1.29, 1.82) is 0 Å². The zero-order chi connectivity index (χ0) is 18.7. The van der Waals surface area contributed by atoms with E-state index in [1.807, 2.05) is 18.4 Å². The lowest BCUT2D eigenvalue weighted by Gasteiger charge is -2.17. The van der Waals surface area contributed by atoms with E-state index in [2.05, 4.69) is 15.6 Å². The summed E-state index contributed by atoms with van der Waals surface area (Å²) in [5.74, 6) is 0.112. The van der Waals surface area contributed by atoms with Gasteiger partial charge < -0.3 is 15.2 Å². The Balaban J connectivity index is 1.87. The number of anilines is 1. The highest BCUT2D eigenvalue weighted by Crippen LogP contribution is 2.23.